The van der Waals surface area contributed by atoms with Gasteiger partial charge in [-0.05, 0) is 177 Å². The van der Waals surface area contributed by atoms with Crippen LogP contribution >= 0.6 is 11.3 Å². The van der Waals surface area contributed by atoms with Crippen molar-refractivity contribution in [2.75, 3.05) is 9.80 Å². The van der Waals surface area contributed by atoms with Crippen molar-refractivity contribution >= 4 is 109 Å². The number of benzene rings is 11. The molecule has 4 saturated carbocycles. The lowest BCUT2D eigenvalue weighted by atomic mass is 9.43. The molecule has 0 radical (unpaired) electrons. The van der Waals surface area contributed by atoms with Crippen LogP contribution in [-0.2, 0) is 5.41 Å². The number of rotatable bonds is 6. The van der Waals surface area contributed by atoms with Gasteiger partial charge < -0.3 is 9.80 Å². The predicted molar refractivity (Wildman–Crippen MR) is 293 cm³/mol. The molecule has 4 bridgehead atoms. The van der Waals surface area contributed by atoms with E-state index in [-0.39, 0.29) is 5.41 Å². The van der Waals surface area contributed by atoms with Crippen molar-refractivity contribution < 1.29 is 0 Å². The number of anilines is 6. The van der Waals surface area contributed by atoms with E-state index in [1.54, 1.807) is 11.1 Å². The molecule has 11 aromatic carbocycles. The third-order valence-corrected chi connectivity index (χ3v) is 18.7. The van der Waals surface area contributed by atoms with E-state index in [9.17, 15) is 0 Å². The highest BCUT2D eigenvalue weighted by Crippen LogP contribution is 2.69. The first-order chi connectivity index (χ1) is 34.2. The molecule has 4 fully saturated rings. The second kappa shape index (κ2) is 14.3. The molecule has 5 aliphatic carbocycles. The van der Waals surface area contributed by atoms with Crippen molar-refractivity contribution in [2.24, 2.45) is 23.7 Å². The smallest absolute Gasteiger partial charge is 0.0540 e. The molecule has 0 unspecified atom stereocenters. The summed E-state index contributed by atoms with van der Waals surface area (Å²) in [5, 5.41) is 12.8. The average Bonchev–Trinajstić information content (AvgIpc) is 3.91. The van der Waals surface area contributed by atoms with Crippen LogP contribution in [0.5, 0.6) is 0 Å². The third-order valence-electron chi connectivity index (χ3n) is 17.5. The van der Waals surface area contributed by atoms with Crippen LogP contribution < -0.4 is 9.80 Å². The van der Waals surface area contributed by atoms with Crippen molar-refractivity contribution in [3.8, 4) is 11.1 Å². The van der Waals surface area contributed by atoms with Crippen LogP contribution in [0.4, 0.5) is 34.1 Å². The number of fused-ring (bicyclic) bond motifs is 7. The van der Waals surface area contributed by atoms with E-state index >= 15 is 0 Å². The quantitative estimate of drug-likeness (QED) is 0.153. The Morgan fingerprint density at radius 2 is 0.884 bits per heavy atom. The number of thiophene rings is 1. The zero-order valence-corrected chi connectivity index (χ0v) is 39.1. The molecule has 69 heavy (non-hydrogen) atoms. The Morgan fingerprint density at radius 1 is 0.348 bits per heavy atom. The van der Waals surface area contributed by atoms with Gasteiger partial charge in [0.15, 0.2) is 0 Å². The normalized spacial score (nSPS) is 21.1. The average molecular weight is 901 g/mol. The fourth-order valence-electron chi connectivity index (χ4n) is 15.0. The number of hydrogen-bond donors (Lipinski definition) is 0. The minimum atomic E-state index is 0.133. The summed E-state index contributed by atoms with van der Waals surface area (Å²) >= 11 is 1.88. The van der Waals surface area contributed by atoms with Gasteiger partial charge in [0, 0.05) is 59.1 Å². The molecule has 5 aliphatic rings. The van der Waals surface area contributed by atoms with Gasteiger partial charge in [-0.15, -0.1) is 11.3 Å². The first-order valence-corrected chi connectivity index (χ1v) is 26.0. The van der Waals surface area contributed by atoms with Crippen molar-refractivity contribution in [1.29, 1.82) is 0 Å². The lowest BCUT2D eigenvalue weighted by Gasteiger charge is -2.61. The zero-order valence-electron chi connectivity index (χ0n) is 38.3. The lowest BCUT2D eigenvalue weighted by molar-refractivity contribution is -0.0399. The van der Waals surface area contributed by atoms with Gasteiger partial charge in [-0.2, -0.15) is 0 Å². The topological polar surface area (TPSA) is 6.48 Å². The second-order valence-corrected chi connectivity index (χ2v) is 21.9. The van der Waals surface area contributed by atoms with Crippen LogP contribution in [0.1, 0.15) is 43.2 Å². The largest absolute Gasteiger partial charge is 0.310 e. The Labute approximate surface area is 406 Å². The molecule has 1 heterocycles. The summed E-state index contributed by atoms with van der Waals surface area (Å²) in [4.78, 5) is 5.04. The first kappa shape index (κ1) is 38.5. The summed E-state index contributed by atoms with van der Waals surface area (Å²) in [6.07, 6.45) is 7.02. The summed E-state index contributed by atoms with van der Waals surface area (Å²) in [5.74, 6) is 3.30. The summed E-state index contributed by atoms with van der Waals surface area (Å²) in [5.41, 5.74) is 13.3. The Morgan fingerprint density at radius 3 is 1.65 bits per heavy atom. The van der Waals surface area contributed by atoms with E-state index < -0.39 is 0 Å². The maximum absolute atomic E-state index is 2.58. The Balaban J connectivity index is 0.911. The summed E-state index contributed by atoms with van der Waals surface area (Å²) in [6, 6.07) is 78.7. The second-order valence-electron chi connectivity index (χ2n) is 20.9. The molecule has 12 aromatic rings. The molecule has 0 atom stereocenters. The first-order valence-electron chi connectivity index (χ1n) is 25.2. The molecule has 2 nitrogen and oxygen atoms in total. The minimum absolute atomic E-state index is 0.133. The van der Waals surface area contributed by atoms with Crippen LogP contribution in [-0.4, -0.2) is 0 Å². The molecule has 328 valence electrons. The fourth-order valence-corrected chi connectivity index (χ4v) is 16.2. The number of hydrogen-bond acceptors (Lipinski definition) is 3. The van der Waals surface area contributed by atoms with Gasteiger partial charge in [-0.3, -0.25) is 0 Å². The SMILES string of the molecule is c1ccc(N(c2ccc3c(c2)sc2ccccc23)c2ccc3ccc4c(N(c5ccc6c(c5)-c5ccccc5C65C6CC7CC(C6)CC5C7)c5ccc6ccccc6c5)ccc5ccc2c3c54)cc1. The highest BCUT2D eigenvalue weighted by Gasteiger charge is 2.61. The van der Waals surface area contributed by atoms with Crippen molar-refractivity contribution in [1.82, 2.24) is 0 Å². The van der Waals surface area contributed by atoms with Gasteiger partial charge >= 0.3 is 0 Å². The molecule has 1 aromatic heterocycles. The minimum Gasteiger partial charge on any atom is -0.310 e. The van der Waals surface area contributed by atoms with Crippen LogP contribution in [0.3, 0.4) is 0 Å². The molecule has 17 rings (SSSR count). The van der Waals surface area contributed by atoms with E-state index in [2.05, 4.69) is 216 Å². The van der Waals surface area contributed by atoms with Gasteiger partial charge in [-0.25, -0.2) is 0 Å². The highest BCUT2D eigenvalue weighted by atomic mass is 32.1. The van der Waals surface area contributed by atoms with Crippen molar-refractivity contribution in [3.63, 3.8) is 0 Å². The molecular formula is C66H48N2S. The Hall–Kier alpha value is -7.46. The molecule has 0 saturated heterocycles. The Kier molecular flexibility index (Phi) is 7.97. The molecule has 0 N–H and O–H groups in total. The predicted octanol–water partition coefficient (Wildman–Crippen LogP) is 18.8. The van der Waals surface area contributed by atoms with Gasteiger partial charge in [0.25, 0.3) is 0 Å². The molecule has 0 aliphatic heterocycles. The number of para-hydroxylation sites is 1. The van der Waals surface area contributed by atoms with Crippen LogP contribution in [0.25, 0.3) is 74.4 Å². The van der Waals surface area contributed by atoms with E-state index in [0.29, 0.717) is 0 Å². The number of nitrogens with zero attached hydrogens (tertiary/aromatic N) is 2. The molecular weight excluding hydrogens is 853 g/mol. The van der Waals surface area contributed by atoms with Crippen molar-refractivity contribution in [3.05, 3.63) is 217 Å². The van der Waals surface area contributed by atoms with Crippen LogP contribution in [0.2, 0.25) is 0 Å². The fraction of sp³-hybridized carbons (Fsp3) is 0.152. The summed E-state index contributed by atoms with van der Waals surface area (Å²) in [7, 11) is 0. The summed E-state index contributed by atoms with van der Waals surface area (Å²) in [6.45, 7) is 0. The van der Waals surface area contributed by atoms with Crippen LogP contribution in [0, 0.1) is 23.7 Å². The maximum atomic E-state index is 2.58. The molecule has 3 heteroatoms. The monoisotopic (exact) mass is 900 g/mol. The van der Waals surface area contributed by atoms with Gasteiger partial charge in [-0.1, -0.05) is 140 Å². The van der Waals surface area contributed by atoms with Crippen LogP contribution in [0.15, 0.2) is 206 Å². The third kappa shape index (κ3) is 5.37. The highest BCUT2D eigenvalue weighted by molar-refractivity contribution is 7.25. The van der Waals surface area contributed by atoms with Gasteiger partial charge in [0.1, 0.15) is 0 Å². The van der Waals surface area contributed by atoms with Gasteiger partial charge in [0.05, 0.1) is 11.4 Å². The molecule has 0 amide bonds. The van der Waals surface area contributed by atoms with E-state index in [1.165, 1.54) is 129 Å². The van der Waals surface area contributed by atoms with Gasteiger partial charge in [0.2, 0.25) is 0 Å². The lowest BCUT2D eigenvalue weighted by Crippen LogP contribution is -2.55. The molecule has 1 spiro atoms. The standard InChI is InChI=1S/C66H48N2S/c1-2-12-48(13-3-1)67(51-24-28-54-53-15-7-9-17-62(53)69-63(54)39-51)60-30-21-43-20-27-56-61(31-22-44-19-26-55(60)64(43)65(44)56)68(49-23-18-42-10-4-5-11-45(42)37-49)50-25-29-59-57(38-50)52-14-6-8-16-58(52)66(59)46-33-40-32-41(35-46)36-47(66)34-40/h1-31,37-41,46-47H,32-36H2. The zero-order chi connectivity index (χ0) is 45.0. The maximum Gasteiger partial charge on any atom is 0.0540 e. The summed E-state index contributed by atoms with van der Waals surface area (Å²) < 4.78 is 2.62. The van der Waals surface area contributed by atoms with E-state index in [1.807, 2.05) is 11.3 Å². The van der Waals surface area contributed by atoms with Crippen molar-refractivity contribution in [2.45, 2.75) is 37.5 Å². The Bertz CT molecular complexity index is 4040. The van der Waals surface area contributed by atoms with E-state index in [4.69, 9.17) is 0 Å². The van der Waals surface area contributed by atoms with E-state index in [0.717, 1.165) is 35.0 Å².